The van der Waals surface area contributed by atoms with Crippen molar-refractivity contribution in [3.8, 4) is 0 Å². The summed E-state index contributed by atoms with van der Waals surface area (Å²) in [4.78, 5) is 19.8. The van der Waals surface area contributed by atoms with Crippen LogP contribution in [-0.4, -0.2) is 23.4 Å². The zero-order valence-corrected chi connectivity index (χ0v) is 10.3. The third kappa shape index (κ3) is 38.5. The van der Waals surface area contributed by atoms with Gasteiger partial charge in [0, 0.05) is 12.8 Å². The molecule has 0 atom stereocenters. The number of carbonyl (C=O) groups excluding carboxylic acids is 2. The van der Waals surface area contributed by atoms with E-state index in [1.165, 1.54) is 13.8 Å². The number of carbonyl (C=O) groups is 2. The average Bonchev–Trinajstić information content (AvgIpc) is 1.79. The Bertz CT molecular complexity index is 205. The maximum Gasteiger partial charge on any atom is 4.00 e. The van der Waals surface area contributed by atoms with Crippen LogP contribution in [0.2, 0.25) is 0 Å². The van der Waals surface area contributed by atoms with E-state index in [0.717, 1.165) is 0 Å². The van der Waals surface area contributed by atoms with Crippen molar-refractivity contribution in [3.63, 3.8) is 0 Å². The molecule has 0 bridgehead atoms. The molecule has 0 aliphatic rings. The van der Waals surface area contributed by atoms with Crippen LogP contribution in [-0.2, 0) is 33.6 Å². The molecule has 0 unspecified atom stereocenters. The van der Waals surface area contributed by atoms with Crippen LogP contribution in [0.15, 0.2) is 0 Å². The van der Waals surface area contributed by atoms with Gasteiger partial charge in [0.25, 0.3) is 0 Å². The summed E-state index contributed by atoms with van der Waals surface area (Å²) >= 11 is 0. The predicted octanol–water partition coefficient (Wildman–Crippen LogP) is -1.52. The van der Waals surface area contributed by atoms with E-state index < -0.39 is 11.8 Å². The van der Waals surface area contributed by atoms with Crippen molar-refractivity contribution in [1.82, 2.24) is 0 Å². The van der Waals surface area contributed by atoms with Gasteiger partial charge in [-0.1, -0.05) is 0 Å². The molecule has 16 heavy (non-hydrogen) atoms. The van der Waals surface area contributed by atoms with Gasteiger partial charge in [-0.15, -0.1) is 0 Å². The SMILES string of the molecule is CC(=O)CC(=N)[O-].CC(=O)CC(=N)[O-].[O-2].[V+4]. The molecule has 1 radical (unpaired) electrons. The Morgan fingerprint density at radius 3 is 1.12 bits per heavy atom. The fourth-order valence-corrected chi connectivity index (χ4v) is 0.452. The first-order valence-corrected chi connectivity index (χ1v) is 3.73. The Balaban J connectivity index is -0.0000000800. The van der Waals surface area contributed by atoms with E-state index in [0.29, 0.717) is 0 Å². The van der Waals surface area contributed by atoms with Gasteiger partial charge in [0.1, 0.15) is 11.6 Å². The van der Waals surface area contributed by atoms with Crippen LogP contribution in [0.5, 0.6) is 0 Å². The molecule has 0 spiro atoms. The predicted molar refractivity (Wildman–Crippen MR) is 46.7 cm³/mol. The van der Waals surface area contributed by atoms with E-state index in [4.69, 9.17) is 10.8 Å². The van der Waals surface area contributed by atoms with E-state index >= 15 is 0 Å². The van der Waals surface area contributed by atoms with Crippen molar-refractivity contribution >= 4 is 23.4 Å². The fraction of sp³-hybridized carbons (Fsp3) is 0.500. The Morgan fingerprint density at radius 2 is 1.12 bits per heavy atom. The molecule has 0 rings (SSSR count). The van der Waals surface area contributed by atoms with E-state index in [-0.39, 0.29) is 48.4 Å². The minimum atomic E-state index is -0.812. The smallest absolute Gasteiger partial charge is 2.00 e. The Labute approximate surface area is 105 Å². The molecule has 0 aliphatic carbocycles. The van der Waals surface area contributed by atoms with Gasteiger partial charge in [-0.3, -0.25) is 9.59 Å². The number of Topliss-reactive ketones (excluding diaryl/α,β-unsaturated/α-hetero) is 2. The minimum absolute atomic E-state index is 0. The first-order chi connectivity index (χ1) is 6.25. The number of hydrogen-bond donors (Lipinski definition) is 2. The summed E-state index contributed by atoms with van der Waals surface area (Å²) in [5.41, 5.74) is 0. The molecular formula is C8H12N2O5V. The van der Waals surface area contributed by atoms with Crippen molar-refractivity contribution in [2.24, 2.45) is 0 Å². The summed E-state index contributed by atoms with van der Waals surface area (Å²) < 4.78 is 0. The monoisotopic (exact) mass is 267 g/mol. The zero-order valence-electron chi connectivity index (χ0n) is 8.90. The van der Waals surface area contributed by atoms with Gasteiger partial charge in [0.2, 0.25) is 0 Å². The first-order valence-electron chi connectivity index (χ1n) is 3.73. The van der Waals surface area contributed by atoms with E-state index in [9.17, 15) is 19.8 Å². The number of ketones is 2. The van der Waals surface area contributed by atoms with Gasteiger partial charge in [-0.25, -0.2) is 0 Å². The van der Waals surface area contributed by atoms with Crippen molar-refractivity contribution in [3.05, 3.63) is 0 Å². The Morgan fingerprint density at radius 1 is 0.938 bits per heavy atom. The van der Waals surface area contributed by atoms with E-state index in [2.05, 4.69) is 0 Å². The summed E-state index contributed by atoms with van der Waals surface area (Å²) in [7, 11) is 0. The van der Waals surface area contributed by atoms with E-state index in [1.54, 1.807) is 0 Å². The average molecular weight is 267 g/mol. The molecule has 0 aromatic carbocycles. The van der Waals surface area contributed by atoms with Gasteiger partial charge in [-0.05, 0) is 25.6 Å². The quantitative estimate of drug-likeness (QED) is 0.468. The number of nitrogens with one attached hydrogen (secondary N) is 2. The molecule has 0 fully saturated rings. The van der Waals surface area contributed by atoms with Gasteiger partial charge < -0.3 is 26.5 Å². The maximum absolute atomic E-state index is 9.91. The minimum Gasteiger partial charge on any atom is -2.00 e. The van der Waals surface area contributed by atoms with Crippen molar-refractivity contribution in [2.75, 3.05) is 0 Å². The Hall–Kier alpha value is -1.18. The van der Waals surface area contributed by atoms with Gasteiger partial charge >= 0.3 is 18.6 Å². The summed E-state index contributed by atoms with van der Waals surface area (Å²) in [5, 5.41) is 31.9. The summed E-state index contributed by atoms with van der Waals surface area (Å²) in [6.07, 6.45) is -0.500. The summed E-state index contributed by atoms with van der Waals surface area (Å²) in [6, 6.07) is 0. The molecule has 8 heteroatoms. The third-order valence-corrected chi connectivity index (χ3v) is 0.819. The van der Waals surface area contributed by atoms with Crippen LogP contribution in [0, 0.1) is 10.8 Å². The normalized spacial score (nSPS) is 7.12. The van der Waals surface area contributed by atoms with Crippen molar-refractivity contribution < 1.29 is 43.8 Å². The topological polar surface area (TPSA) is 156 Å². The molecule has 0 aromatic heterocycles. The fourth-order valence-electron chi connectivity index (χ4n) is 0.452. The molecule has 0 saturated carbocycles. The second-order valence-corrected chi connectivity index (χ2v) is 2.60. The maximum atomic E-state index is 9.91. The largest absolute Gasteiger partial charge is 4.00 e. The molecule has 2 N–H and O–H groups in total. The van der Waals surface area contributed by atoms with Crippen LogP contribution in [0.3, 0.4) is 0 Å². The molecule has 0 aliphatic heterocycles. The molecule has 7 nitrogen and oxygen atoms in total. The number of rotatable bonds is 4. The number of hydrogen-bond acceptors (Lipinski definition) is 6. The standard InChI is InChI=1S/2C4H7NO2.O.V/c2*1-3(6)2-4(5)7;;/h2*2H2,1H3,(H2,5,7);;/q;;-2;+4/p-2. The van der Waals surface area contributed by atoms with Crippen molar-refractivity contribution in [1.29, 1.82) is 10.8 Å². The molecule has 0 heterocycles. The van der Waals surface area contributed by atoms with E-state index in [1.807, 2.05) is 0 Å². The zero-order chi connectivity index (χ0) is 11.7. The second-order valence-electron chi connectivity index (χ2n) is 2.60. The van der Waals surface area contributed by atoms with Crippen LogP contribution in [0.4, 0.5) is 0 Å². The molecule has 0 saturated heterocycles. The first kappa shape index (κ1) is 24.2. The Kier molecular flexibility index (Phi) is 20.9. The van der Waals surface area contributed by atoms with Crippen LogP contribution in [0.25, 0.3) is 0 Å². The molecule has 0 aromatic rings. The van der Waals surface area contributed by atoms with Gasteiger partial charge in [0.05, 0.1) is 0 Å². The van der Waals surface area contributed by atoms with Crippen LogP contribution < -0.4 is 10.2 Å². The second kappa shape index (κ2) is 13.8. The van der Waals surface area contributed by atoms with Crippen molar-refractivity contribution in [2.45, 2.75) is 26.7 Å². The van der Waals surface area contributed by atoms with Crippen LogP contribution in [0.1, 0.15) is 26.7 Å². The summed E-state index contributed by atoms with van der Waals surface area (Å²) in [5.74, 6) is -2.12. The van der Waals surface area contributed by atoms with Crippen LogP contribution >= 0.6 is 0 Å². The summed E-state index contributed by atoms with van der Waals surface area (Å²) in [6.45, 7) is 2.57. The molecule has 0 amide bonds. The van der Waals surface area contributed by atoms with Gasteiger partial charge in [-0.2, -0.15) is 0 Å². The molecular weight excluding hydrogens is 255 g/mol. The third-order valence-electron chi connectivity index (χ3n) is 0.819. The van der Waals surface area contributed by atoms with Gasteiger partial charge in [0.15, 0.2) is 0 Å². The molecule has 89 valence electrons.